The molecule has 3 rings (SSSR count). The third-order valence-corrected chi connectivity index (χ3v) is 6.15. The Hall–Kier alpha value is -2.90. The Morgan fingerprint density at radius 2 is 1.53 bits per heavy atom. The second-order valence-electron chi connectivity index (χ2n) is 10.2. The van der Waals surface area contributed by atoms with Crippen molar-refractivity contribution in [1.82, 2.24) is 10.6 Å². The predicted octanol–water partition coefficient (Wildman–Crippen LogP) is 4.00. The van der Waals surface area contributed by atoms with Crippen molar-refractivity contribution in [3.63, 3.8) is 0 Å². The summed E-state index contributed by atoms with van der Waals surface area (Å²) in [4.78, 5) is 25.9. The molecular formula is C27H38N3O4+. The van der Waals surface area contributed by atoms with E-state index in [0.717, 1.165) is 24.0 Å². The van der Waals surface area contributed by atoms with Gasteiger partial charge in [0, 0.05) is 18.4 Å². The van der Waals surface area contributed by atoms with Gasteiger partial charge in [0.1, 0.15) is 19.3 Å². The molecule has 0 spiro atoms. The van der Waals surface area contributed by atoms with Crippen LogP contribution < -0.4 is 10.6 Å². The molecule has 3 amide bonds. The first-order chi connectivity index (χ1) is 16.2. The summed E-state index contributed by atoms with van der Waals surface area (Å²) in [5, 5.41) is 17.3. The van der Waals surface area contributed by atoms with Gasteiger partial charge in [-0.25, -0.2) is 14.1 Å². The molecule has 2 aromatic rings. The lowest BCUT2D eigenvalue weighted by Gasteiger charge is -2.37. The number of urea groups is 1. The van der Waals surface area contributed by atoms with E-state index in [1.807, 2.05) is 81.4 Å². The Kier molecular flexibility index (Phi) is 8.69. The predicted molar refractivity (Wildman–Crippen MR) is 132 cm³/mol. The summed E-state index contributed by atoms with van der Waals surface area (Å²) in [6.07, 6.45) is 0.785. The lowest BCUT2D eigenvalue weighted by Crippen LogP contribution is -2.63. The number of ether oxygens (including phenoxy) is 1. The number of amides is 3. The normalized spacial score (nSPS) is 16.9. The van der Waals surface area contributed by atoms with Crippen LogP contribution in [0.15, 0.2) is 60.7 Å². The van der Waals surface area contributed by atoms with Crippen LogP contribution in [0.1, 0.15) is 44.7 Å². The van der Waals surface area contributed by atoms with Gasteiger partial charge in [0.05, 0.1) is 19.1 Å². The lowest BCUT2D eigenvalue weighted by molar-refractivity contribution is -0.842. The average Bonchev–Trinajstić information content (AvgIpc) is 3.27. The summed E-state index contributed by atoms with van der Waals surface area (Å²) >= 11 is 0. The molecule has 1 fully saturated rings. The number of carbonyl (C=O) groups is 2. The number of hydrogen-bond donors (Lipinski definition) is 3. The SMILES string of the molecule is CC(C)(C)NC(=O)[N+]1(C[C@@H](O)[C@H](Cc2ccccc2)NC(=O)OCc2ccccc2)CCCC1. The fraction of sp³-hybridized carbons (Fsp3) is 0.481. The summed E-state index contributed by atoms with van der Waals surface area (Å²) in [5.74, 6) is 0. The number of carbonyl (C=O) groups excluding carboxylic acids is 2. The number of hydrogen-bond acceptors (Lipinski definition) is 4. The highest BCUT2D eigenvalue weighted by Crippen LogP contribution is 2.23. The molecule has 0 aromatic heterocycles. The first-order valence-electron chi connectivity index (χ1n) is 12.0. The van der Waals surface area contributed by atoms with Crippen LogP contribution in [0.3, 0.4) is 0 Å². The first-order valence-corrected chi connectivity index (χ1v) is 12.0. The zero-order chi connectivity index (χ0) is 24.6. The first kappa shape index (κ1) is 25.7. The number of benzene rings is 2. The summed E-state index contributed by atoms with van der Waals surface area (Å²) in [6.45, 7) is 7.60. The minimum atomic E-state index is -0.923. The van der Waals surface area contributed by atoms with E-state index in [1.165, 1.54) is 0 Å². The van der Waals surface area contributed by atoms with E-state index < -0.39 is 18.2 Å². The molecule has 34 heavy (non-hydrogen) atoms. The van der Waals surface area contributed by atoms with Crippen LogP contribution in [0.25, 0.3) is 0 Å². The van der Waals surface area contributed by atoms with Crippen molar-refractivity contribution in [1.29, 1.82) is 0 Å². The Balaban J connectivity index is 1.72. The van der Waals surface area contributed by atoms with Gasteiger partial charge in [0.25, 0.3) is 0 Å². The van der Waals surface area contributed by atoms with Gasteiger partial charge in [-0.2, -0.15) is 0 Å². The van der Waals surface area contributed by atoms with Gasteiger partial charge in [-0.1, -0.05) is 60.7 Å². The van der Waals surface area contributed by atoms with Crippen LogP contribution in [0.4, 0.5) is 9.59 Å². The third-order valence-electron chi connectivity index (χ3n) is 6.15. The van der Waals surface area contributed by atoms with Crippen molar-refractivity contribution in [2.45, 2.75) is 64.3 Å². The molecule has 0 aliphatic carbocycles. The van der Waals surface area contributed by atoms with Gasteiger partial charge >= 0.3 is 12.1 Å². The van der Waals surface area contributed by atoms with Crippen LogP contribution in [-0.4, -0.2) is 59.0 Å². The molecule has 7 nitrogen and oxygen atoms in total. The molecular weight excluding hydrogens is 430 g/mol. The van der Waals surface area contributed by atoms with Crippen molar-refractivity contribution >= 4 is 12.1 Å². The molecule has 2 aromatic carbocycles. The maximum atomic E-state index is 13.2. The quantitative estimate of drug-likeness (QED) is 0.511. The summed E-state index contributed by atoms with van der Waals surface area (Å²) in [7, 11) is 0. The minimum Gasteiger partial charge on any atom is -0.445 e. The summed E-state index contributed by atoms with van der Waals surface area (Å²) < 4.78 is 5.58. The molecule has 2 atom stereocenters. The van der Waals surface area contributed by atoms with Crippen molar-refractivity contribution in [2.75, 3.05) is 19.6 Å². The van der Waals surface area contributed by atoms with Crippen LogP contribution in [-0.2, 0) is 17.8 Å². The number of nitrogens with one attached hydrogen (secondary N) is 2. The fourth-order valence-corrected chi connectivity index (χ4v) is 4.40. The topological polar surface area (TPSA) is 87.7 Å². The van der Waals surface area contributed by atoms with Gasteiger partial charge in [-0.3, -0.25) is 0 Å². The number of rotatable bonds is 8. The van der Waals surface area contributed by atoms with Crippen LogP contribution in [0, 0.1) is 0 Å². The largest absolute Gasteiger partial charge is 0.445 e. The van der Waals surface area contributed by atoms with Crippen LogP contribution in [0.2, 0.25) is 0 Å². The number of nitrogens with zero attached hydrogens (tertiary/aromatic N) is 1. The maximum Gasteiger partial charge on any atom is 0.417 e. The Bertz CT molecular complexity index is 922. The van der Waals surface area contributed by atoms with E-state index in [0.29, 0.717) is 19.5 Å². The summed E-state index contributed by atoms with van der Waals surface area (Å²) in [5.41, 5.74) is 1.51. The number of aliphatic hydroxyl groups is 1. The third kappa shape index (κ3) is 7.57. The smallest absolute Gasteiger partial charge is 0.417 e. The minimum absolute atomic E-state index is 0.0748. The zero-order valence-electron chi connectivity index (χ0n) is 20.5. The second kappa shape index (κ2) is 11.5. The number of aliphatic hydroxyl groups excluding tert-OH is 1. The highest BCUT2D eigenvalue weighted by atomic mass is 16.5. The van der Waals surface area contributed by atoms with E-state index in [9.17, 15) is 14.7 Å². The molecule has 184 valence electrons. The Labute approximate surface area is 202 Å². The molecule has 1 saturated heterocycles. The van der Waals surface area contributed by atoms with Crippen molar-refractivity contribution < 1.29 is 23.9 Å². The van der Waals surface area contributed by atoms with Gasteiger partial charge in [0.15, 0.2) is 0 Å². The molecule has 1 aliphatic heterocycles. The van der Waals surface area contributed by atoms with Gasteiger partial charge in [0.2, 0.25) is 0 Å². The van der Waals surface area contributed by atoms with Crippen molar-refractivity contribution in [2.24, 2.45) is 0 Å². The molecule has 1 aliphatic rings. The average molecular weight is 469 g/mol. The molecule has 0 radical (unpaired) electrons. The zero-order valence-corrected chi connectivity index (χ0v) is 20.5. The lowest BCUT2D eigenvalue weighted by atomic mass is 10.0. The highest BCUT2D eigenvalue weighted by Gasteiger charge is 2.44. The van der Waals surface area contributed by atoms with E-state index in [1.54, 1.807) is 0 Å². The molecule has 0 saturated carbocycles. The fourth-order valence-electron chi connectivity index (χ4n) is 4.40. The number of likely N-dealkylation sites (tertiary alicyclic amines) is 1. The highest BCUT2D eigenvalue weighted by molar-refractivity contribution is 5.68. The number of quaternary nitrogens is 1. The Morgan fingerprint density at radius 3 is 2.09 bits per heavy atom. The monoisotopic (exact) mass is 468 g/mol. The second-order valence-corrected chi connectivity index (χ2v) is 10.2. The number of alkyl carbamates (subject to hydrolysis) is 1. The van der Waals surface area contributed by atoms with E-state index >= 15 is 0 Å². The van der Waals surface area contributed by atoms with E-state index in [2.05, 4.69) is 10.6 Å². The maximum absolute atomic E-state index is 13.2. The molecule has 7 heteroatoms. The van der Waals surface area contributed by atoms with Crippen LogP contribution in [0.5, 0.6) is 0 Å². The van der Waals surface area contributed by atoms with E-state index in [4.69, 9.17) is 4.74 Å². The van der Waals surface area contributed by atoms with Gasteiger partial charge < -0.3 is 20.5 Å². The molecule has 3 N–H and O–H groups in total. The standard InChI is InChI=1S/C27H37N3O4/c1-27(2,3)29-25(32)30(16-10-11-17-30)19-24(31)23(18-21-12-6-4-7-13-21)28-26(33)34-20-22-14-8-5-9-15-22/h4-9,12-15,23-24,31H,10-11,16-20H2,1-3H3,(H-,28,29,32,33)/p+1/t23-,24+/m0/s1. The molecule has 0 bridgehead atoms. The van der Waals surface area contributed by atoms with Crippen molar-refractivity contribution in [3.05, 3.63) is 71.8 Å². The molecule has 0 unspecified atom stereocenters. The van der Waals surface area contributed by atoms with Crippen LogP contribution >= 0.6 is 0 Å². The summed E-state index contributed by atoms with van der Waals surface area (Å²) in [6, 6.07) is 18.5. The van der Waals surface area contributed by atoms with Gasteiger partial charge in [-0.15, -0.1) is 0 Å². The van der Waals surface area contributed by atoms with Gasteiger partial charge in [-0.05, 0) is 38.3 Å². The van der Waals surface area contributed by atoms with E-state index in [-0.39, 0.29) is 29.2 Å². The van der Waals surface area contributed by atoms with Crippen molar-refractivity contribution in [3.8, 4) is 0 Å². The molecule has 1 heterocycles. The Morgan fingerprint density at radius 1 is 0.971 bits per heavy atom.